The maximum atomic E-state index is 3.48. The Kier molecular flexibility index (Phi) is 2.20. The molecule has 0 aliphatic carbocycles. The van der Waals surface area contributed by atoms with Gasteiger partial charge in [0, 0.05) is 23.0 Å². The van der Waals surface area contributed by atoms with Crippen molar-refractivity contribution >= 4 is 15.9 Å². The Labute approximate surface area is 81.3 Å². The highest BCUT2D eigenvalue weighted by Gasteiger charge is 2.27. The summed E-state index contributed by atoms with van der Waals surface area (Å²) in [5, 5.41) is 3.36. The Morgan fingerprint density at radius 1 is 1.50 bits per heavy atom. The normalized spacial score (nSPS) is 28.2. The fourth-order valence-electron chi connectivity index (χ4n) is 1.62. The average molecular weight is 226 g/mol. The van der Waals surface area contributed by atoms with Crippen LogP contribution in [0.4, 0.5) is 0 Å². The van der Waals surface area contributed by atoms with Gasteiger partial charge in [0.05, 0.1) is 0 Å². The molecule has 0 radical (unpaired) electrons. The van der Waals surface area contributed by atoms with Crippen LogP contribution in [0.5, 0.6) is 0 Å². The molecule has 1 fully saturated rings. The molecule has 2 heteroatoms. The third-order valence-electron chi connectivity index (χ3n) is 2.54. The molecule has 64 valence electrons. The predicted molar refractivity (Wildman–Crippen MR) is 54.3 cm³/mol. The molecule has 1 aliphatic rings. The summed E-state index contributed by atoms with van der Waals surface area (Å²) in [5.41, 5.74) is 1.44. The van der Waals surface area contributed by atoms with Crippen molar-refractivity contribution in [3.05, 3.63) is 34.3 Å². The highest BCUT2D eigenvalue weighted by Crippen LogP contribution is 2.27. The molecule has 0 aromatic heterocycles. The average Bonchev–Trinajstić information content (AvgIpc) is 2.02. The van der Waals surface area contributed by atoms with Gasteiger partial charge in [-0.05, 0) is 24.6 Å². The lowest BCUT2D eigenvalue weighted by atomic mass is 9.86. The summed E-state index contributed by atoms with van der Waals surface area (Å²) in [6.45, 7) is 3.35. The number of hydrogen-bond donors (Lipinski definition) is 1. The molecule has 0 saturated carbocycles. The molecule has 0 bridgehead atoms. The number of benzene rings is 1. The van der Waals surface area contributed by atoms with Crippen molar-refractivity contribution in [1.82, 2.24) is 5.32 Å². The van der Waals surface area contributed by atoms with Gasteiger partial charge in [0.15, 0.2) is 0 Å². The molecule has 2 rings (SSSR count). The topological polar surface area (TPSA) is 12.0 Å². The van der Waals surface area contributed by atoms with E-state index in [1.165, 1.54) is 10.0 Å². The van der Waals surface area contributed by atoms with Crippen molar-refractivity contribution < 1.29 is 0 Å². The SMILES string of the molecule is CC1NCC1c1cccc(Br)c1. The van der Waals surface area contributed by atoms with E-state index in [-0.39, 0.29) is 0 Å². The molecule has 1 nitrogen and oxygen atoms in total. The predicted octanol–water partition coefficient (Wildman–Crippen LogP) is 2.52. The molecular formula is C10H12BrN. The maximum Gasteiger partial charge on any atom is 0.0178 e. The highest BCUT2D eigenvalue weighted by atomic mass is 79.9. The van der Waals surface area contributed by atoms with E-state index < -0.39 is 0 Å². The van der Waals surface area contributed by atoms with Crippen LogP contribution in [0.25, 0.3) is 0 Å². The minimum atomic E-state index is 0.638. The van der Waals surface area contributed by atoms with Gasteiger partial charge in [-0.15, -0.1) is 0 Å². The molecule has 1 aromatic rings. The molecule has 12 heavy (non-hydrogen) atoms. The first-order chi connectivity index (χ1) is 5.77. The van der Waals surface area contributed by atoms with Crippen LogP contribution in [0, 0.1) is 0 Å². The molecule has 1 aliphatic heterocycles. The van der Waals surface area contributed by atoms with E-state index in [4.69, 9.17) is 0 Å². The lowest BCUT2D eigenvalue weighted by Gasteiger charge is -2.35. The zero-order valence-corrected chi connectivity index (χ0v) is 8.64. The lowest BCUT2D eigenvalue weighted by Crippen LogP contribution is -2.48. The summed E-state index contributed by atoms with van der Waals surface area (Å²) in [6, 6.07) is 9.22. The maximum absolute atomic E-state index is 3.48. The van der Waals surface area contributed by atoms with Crippen LogP contribution in [-0.4, -0.2) is 12.6 Å². The van der Waals surface area contributed by atoms with E-state index in [1.807, 2.05) is 0 Å². The monoisotopic (exact) mass is 225 g/mol. The van der Waals surface area contributed by atoms with Crippen molar-refractivity contribution in [3.63, 3.8) is 0 Å². The molecule has 0 amide bonds. The number of halogens is 1. The smallest absolute Gasteiger partial charge is 0.0178 e. The number of rotatable bonds is 1. The van der Waals surface area contributed by atoms with E-state index in [2.05, 4.69) is 52.4 Å². The van der Waals surface area contributed by atoms with Gasteiger partial charge >= 0.3 is 0 Å². The van der Waals surface area contributed by atoms with Gasteiger partial charge in [0.1, 0.15) is 0 Å². The van der Waals surface area contributed by atoms with E-state index in [9.17, 15) is 0 Å². The van der Waals surface area contributed by atoms with Gasteiger partial charge in [-0.3, -0.25) is 0 Å². The van der Waals surface area contributed by atoms with E-state index in [1.54, 1.807) is 0 Å². The Hall–Kier alpha value is -0.340. The van der Waals surface area contributed by atoms with Gasteiger partial charge in [-0.2, -0.15) is 0 Å². The van der Waals surface area contributed by atoms with Gasteiger partial charge in [0.25, 0.3) is 0 Å². The summed E-state index contributed by atoms with van der Waals surface area (Å²) in [7, 11) is 0. The minimum absolute atomic E-state index is 0.638. The van der Waals surface area contributed by atoms with Crippen molar-refractivity contribution in [1.29, 1.82) is 0 Å². The zero-order chi connectivity index (χ0) is 8.55. The van der Waals surface area contributed by atoms with Gasteiger partial charge in [-0.25, -0.2) is 0 Å². The largest absolute Gasteiger partial charge is 0.313 e. The van der Waals surface area contributed by atoms with Crippen LogP contribution in [0.3, 0.4) is 0 Å². The fourth-order valence-corrected chi connectivity index (χ4v) is 2.03. The number of nitrogens with one attached hydrogen (secondary N) is 1. The highest BCUT2D eigenvalue weighted by molar-refractivity contribution is 9.10. The standard InChI is InChI=1S/C10H12BrN/c1-7-10(6-12-7)8-3-2-4-9(11)5-8/h2-5,7,10,12H,6H2,1H3. The Balaban J connectivity index is 2.22. The zero-order valence-electron chi connectivity index (χ0n) is 7.05. The fraction of sp³-hybridized carbons (Fsp3) is 0.400. The summed E-state index contributed by atoms with van der Waals surface area (Å²) in [4.78, 5) is 0. The first kappa shape index (κ1) is 8.27. The summed E-state index contributed by atoms with van der Waals surface area (Å²) in [6.07, 6.45) is 0. The molecule has 1 heterocycles. The molecule has 1 aromatic carbocycles. The van der Waals surface area contributed by atoms with Crippen molar-refractivity contribution in [2.24, 2.45) is 0 Å². The van der Waals surface area contributed by atoms with E-state index in [0.717, 1.165) is 6.54 Å². The van der Waals surface area contributed by atoms with Gasteiger partial charge in [0.2, 0.25) is 0 Å². The molecule has 2 atom stereocenters. The van der Waals surface area contributed by atoms with Crippen LogP contribution < -0.4 is 5.32 Å². The van der Waals surface area contributed by atoms with Crippen LogP contribution in [0.2, 0.25) is 0 Å². The summed E-state index contributed by atoms with van der Waals surface area (Å²) >= 11 is 3.48. The lowest BCUT2D eigenvalue weighted by molar-refractivity contribution is 0.334. The second kappa shape index (κ2) is 3.19. The Morgan fingerprint density at radius 3 is 2.83 bits per heavy atom. The van der Waals surface area contributed by atoms with Gasteiger partial charge < -0.3 is 5.32 Å². The quantitative estimate of drug-likeness (QED) is 0.775. The molecule has 1 N–H and O–H groups in total. The second-order valence-electron chi connectivity index (χ2n) is 3.36. The molecular weight excluding hydrogens is 214 g/mol. The number of hydrogen-bond acceptors (Lipinski definition) is 1. The minimum Gasteiger partial charge on any atom is -0.313 e. The first-order valence-electron chi connectivity index (χ1n) is 4.26. The van der Waals surface area contributed by atoms with E-state index in [0.29, 0.717) is 12.0 Å². The molecule has 1 saturated heterocycles. The van der Waals surface area contributed by atoms with Crippen molar-refractivity contribution in [3.8, 4) is 0 Å². The second-order valence-corrected chi connectivity index (χ2v) is 4.27. The molecule has 2 unspecified atom stereocenters. The third-order valence-corrected chi connectivity index (χ3v) is 3.03. The molecule has 0 spiro atoms. The van der Waals surface area contributed by atoms with Crippen LogP contribution in [0.15, 0.2) is 28.7 Å². The van der Waals surface area contributed by atoms with Crippen LogP contribution in [0.1, 0.15) is 18.4 Å². The Bertz CT molecular complexity index is 285. The first-order valence-corrected chi connectivity index (χ1v) is 5.05. The third kappa shape index (κ3) is 1.41. The van der Waals surface area contributed by atoms with E-state index >= 15 is 0 Å². The van der Waals surface area contributed by atoms with Crippen molar-refractivity contribution in [2.75, 3.05) is 6.54 Å². The van der Waals surface area contributed by atoms with Crippen LogP contribution >= 0.6 is 15.9 Å². The summed E-state index contributed by atoms with van der Waals surface area (Å²) in [5.74, 6) is 0.711. The van der Waals surface area contributed by atoms with Crippen LogP contribution in [-0.2, 0) is 0 Å². The van der Waals surface area contributed by atoms with Gasteiger partial charge in [-0.1, -0.05) is 28.1 Å². The van der Waals surface area contributed by atoms with Crippen molar-refractivity contribution in [2.45, 2.75) is 18.9 Å². The Morgan fingerprint density at radius 2 is 2.33 bits per heavy atom. The summed E-state index contributed by atoms with van der Waals surface area (Å²) < 4.78 is 1.18.